The zero-order valence-corrected chi connectivity index (χ0v) is 11.2. The topological polar surface area (TPSA) is 27.1 Å². The molecule has 0 amide bonds. The van der Waals surface area contributed by atoms with E-state index in [1.165, 1.54) is 11.1 Å². The molecule has 0 aliphatic carbocycles. The van der Waals surface area contributed by atoms with Crippen LogP contribution >= 0.6 is 15.9 Å². The summed E-state index contributed by atoms with van der Waals surface area (Å²) in [6.07, 6.45) is 0.932. The molecule has 3 nitrogen and oxygen atoms in total. The Kier molecular flexibility index (Phi) is 2.76. The van der Waals surface area contributed by atoms with Gasteiger partial charge in [-0.25, -0.2) is 4.68 Å². The molecule has 1 aromatic heterocycles. The van der Waals surface area contributed by atoms with Gasteiger partial charge in [0.15, 0.2) is 0 Å². The maximum Gasteiger partial charge on any atom is 0.132 e. The second kappa shape index (κ2) is 4.27. The summed E-state index contributed by atoms with van der Waals surface area (Å²) in [7, 11) is 0. The van der Waals surface area contributed by atoms with E-state index in [2.05, 4.69) is 40.1 Å². The third-order valence-corrected chi connectivity index (χ3v) is 3.76. The van der Waals surface area contributed by atoms with Gasteiger partial charge in [0.25, 0.3) is 0 Å². The molecule has 0 spiro atoms. The highest BCUT2D eigenvalue weighted by molar-refractivity contribution is 9.10. The highest BCUT2D eigenvalue weighted by atomic mass is 79.9. The number of halogens is 1. The predicted octanol–water partition coefficient (Wildman–Crippen LogP) is 3.02. The number of nitrogens with zero attached hydrogens (tertiary/aromatic N) is 2. The lowest BCUT2D eigenvalue weighted by atomic mass is 10.1. The van der Waals surface area contributed by atoms with Gasteiger partial charge in [-0.3, -0.25) is 0 Å². The summed E-state index contributed by atoms with van der Waals surface area (Å²) >= 11 is 3.54. The molecule has 4 heteroatoms. The molecular formula is C13H13BrN2O. The third kappa shape index (κ3) is 1.81. The van der Waals surface area contributed by atoms with Crippen molar-refractivity contribution < 1.29 is 4.74 Å². The first-order chi connectivity index (χ1) is 8.27. The number of rotatable bonds is 1. The summed E-state index contributed by atoms with van der Waals surface area (Å²) in [6.45, 7) is 3.52. The molecule has 1 aliphatic rings. The fourth-order valence-electron chi connectivity index (χ4n) is 2.19. The Morgan fingerprint density at radius 2 is 2.18 bits per heavy atom. The van der Waals surface area contributed by atoms with E-state index in [1.54, 1.807) is 0 Å². The van der Waals surface area contributed by atoms with E-state index in [9.17, 15) is 0 Å². The first kappa shape index (κ1) is 11.0. The minimum Gasteiger partial charge on any atom is -0.375 e. The molecule has 2 aromatic rings. The second-order valence-corrected chi connectivity index (χ2v) is 4.97. The zero-order valence-electron chi connectivity index (χ0n) is 9.61. The van der Waals surface area contributed by atoms with E-state index >= 15 is 0 Å². The van der Waals surface area contributed by atoms with Crippen molar-refractivity contribution in [3.8, 4) is 5.69 Å². The molecule has 0 fully saturated rings. The summed E-state index contributed by atoms with van der Waals surface area (Å²) in [5, 5.41) is 4.58. The van der Waals surface area contributed by atoms with Crippen LogP contribution in [0.4, 0.5) is 0 Å². The van der Waals surface area contributed by atoms with Crippen LogP contribution in [-0.2, 0) is 17.8 Å². The van der Waals surface area contributed by atoms with Crippen LogP contribution in [0.1, 0.15) is 16.8 Å². The molecule has 3 rings (SSSR count). The van der Waals surface area contributed by atoms with E-state index in [4.69, 9.17) is 4.74 Å². The van der Waals surface area contributed by atoms with E-state index in [-0.39, 0.29) is 0 Å². The molecule has 0 atom stereocenters. The molecule has 1 aromatic carbocycles. The minimum absolute atomic E-state index is 0.641. The first-order valence-electron chi connectivity index (χ1n) is 5.67. The molecule has 0 saturated heterocycles. The van der Waals surface area contributed by atoms with Crippen LogP contribution in [0.25, 0.3) is 5.69 Å². The zero-order chi connectivity index (χ0) is 11.8. The summed E-state index contributed by atoms with van der Waals surface area (Å²) in [5.74, 6) is 0. The summed E-state index contributed by atoms with van der Waals surface area (Å²) in [5.41, 5.74) is 4.78. The highest BCUT2D eigenvalue weighted by Gasteiger charge is 2.21. The molecule has 0 unspecified atom stereocenters. The Hall–Kier alpha value is -1.13. The molecular weight excluding hydrogens is 280 g/mol. The number of hydrogen-bond acceptors (Lipinski definition) is 2. The fourth-order valence-corrected chi connectivity index (χ4v) is 2.78. The van der Waals surface area contributed by atoms with Crippen molar-refractivity contribution in [3.63, 3.8) is 0 Å². The van der Waals surface area contributed by atoms with Gasteiger partial charge in [-0.05, 0) is 34.5 Å². The van der Waals surface area contributed by atoms with Crippen molar-refractivity contribution >= 4 is 15.9 Å². The maximum atomic E-state index is 5.53. The number of aromatic nitrogens is 2. The molecule has 0 radical (unpaired) electrons. The van der Waals surface area contributed by atoms with Gasteiger partial charge in [0.2, 0.25) is 0 Å². The molecule has 2 heterocycles. The van der Waals surface area contributed by atoms with Gasteiger partial charge in [-0.1, -0.05) is 18.2 Å². The Morgan fingerprint density at radius 1 is 1.35 bits per heavy atom. The third-order valence-electron chi connectivity index (χ3n) is 3.12. The second-order valence-electron chi connectivity index (χ2n) is 4.22. The number of benzene rings is 1. The number of fused-ring (bicyclic) bond motifs is 1. The average molecular weight is 293 g/mol. The van der Waals surface area contributed by atoms with Crippen molar-refractivity contribution in [1.82, 2.24) is 9.78 Å². The highest BCUT2D eigenvalue weighted by Crippen LogP contribution is 2.28. The quantitative estimate of drug-likeness (QED) is 0.808. The van der Waals surface area contributed by atoms with Crippen molar-refractivity contribution in [1.29, 1.82) is 0 Å². The standard InChI is InChI=1S/C13H13BrN2O/c1-9-4-2-3-5-11(9)16-12-8-17-7-6-10(12)13(14)15-16/h2-5H,6-8H2,1H3. The van der Waals surface area contributed by atoms with Crippen molar-refractivity contribution in [3.05, 3.63) is 45.7 Å². The number of aryl methyl sites for hydroxylation is 1. The van der Waals surface area contributed by atoms with Crippen molar-refractivity contribution in [2.45, 2.75) is 20.0 Å². The number of hydrogen-bond donors (Lipinski definition) is 0. The SMILES string of the molecule is Cc1ccccc1-n1nc(Br)c2c1COCC2. The maximum absolute atomic E-state index is 5.53. The Morgan fingerprint density at radius 3 is 3.00 bits per heavy atom. The van der Waals surface area contributed by atoms with E-state index < -0.39 is 0 Å². The van der Waals surface area contributed by atoms with Crippen molar-refractivity contribution in [2.75, 3.05) is 6.61 Å². The lowest BCUT2D eigenvalue weighted by Crippen LogP contribution is -2.13. The molecule has 88 valence electrons. The van der Waals surface area contributed by atoms with Gasteiger partial charge < -0.3 is 4.74 Å². The fraction of sp³-hybridized carbons (Fsp3) is 0.308. The van der Waals surface area contributed by atoms with E-state index in [0.29, 0.717) is 6.61 Å². The van der Waals surface area contributed by atoms with Crippen LogP contribution in [-0.4, -0.2) is 16.4 Å². The molecule has 0 bridgehead atoms. The van der Waals surface area contributed by atoms with Gasteiger partial charge in [-0.2, -0.15) is 5.10 Å². The van der Waals surface area contributed by atoms with Crippen LogP contribution in [0, 0.1) is 6.92 Å². The Balaban J connectivity index is 2.19. The van der Waals surface area contributed by atoms with Gasteiger partial charge in [-0.15, -0.1) is 0 Å². The van der Waals surface area contributed by atoms with Gasteiger partial charge in [0, 0.05) is 12.0 Å². The predicted molar refractivity (Wildman–Crippen MR) is 69.4 cm³/mol. The summed E-state index contributed by atoms with van der Waals surface area (Å²) < 4.78 is 8.47. The number of ether oxygens (including phenoxy) is 1. The summed E-state index contributed by atoms with van der Waals surface area (Å²) in [4.78, 5) is 0. The lowest BCUT2D eigenvalue weighted by molar-refractivity contribution is 0.106. The smallest absolute Gasteiger partial charge is 0.132 e. The van der Waals surface area contributed by atoms with Crippen LogP contribution < -0.4 is 0 Å². The van der Waals surface area contributed by atoms with E-state index in [1.807, 2.05) is 16.8 Å². The van der Waals surface area contributed by atoms with Crippen LogP contribution in [0.3, 0.4) is 0 Å². The lowest BCUT2D eigenvalue weighted by Gasteiger charge is -2.15. The van der Waals surface area contributed by atoms with E-state index in [0.717, 1.165) is 29.0 Å². The van der Waals surface area contributed by atoms with Crippen LogP contribution in [0.15, 0.2) is 28.9 Å². The number of para-hydroxylation sites is 1. The molecule has 17 heavy (non-hydrogen) atoms. The van der Waals surface area contributed by atoms with Gasteiger partial charge in [0.05, 0.1) is 24.6 Å². The Labute approximate surface area is 109 Å². The normalized spacial score (nSPS) is 14.7. The molecule has 1 aliphatic heterocycles. The first-order valence-corrected chi connectivity index (χ1v) is 6.46. The largest absolute Gasteiger partial charge is 0.375 e. The monoisotopic (exact) mass is 292 g/mol. The van der Waals surface area contributed by atoms with Gasteiger partial charge >= 0.3 is 0 Å². The average Bonchev–Trinajstić information content (AvgIpc) is 2.68. The molecule has 0 saturated carbocycles. The summed E-state index contributed by atoms with van der Waals surface area (Å²) in [6, 6.07) is 8.26. The van der Waals surface area contributed by atoms with Crippen molar-refractivity contribution in [2.24, 2.45) is 0 Å². The minimum atomic E-state index is 0.641. The Bertz CT molecular complexity index is 563. The molecule has 0 N–H and O–H groups in total. The van der Waals surface area contributed by atoms with Crippen LogP contribution in [0.2, 0.25) is 0 Å². The van der Waals surface area contributed by atoms with Crippen LogP contribution in [0.5, 0.6) is 0 Å². The van der Waals surface area contributed by atoms with Gasteiger partial charge in [0.1, 0.15) is 4.60 Å².